The van der Waals surface area contributed by atoms with Gasteiger partial charge in [-0.25, -0.2) is 8.78 Å². The quantitative estimate of drug-likeness (QED) is 0.268. The van der Waals surface area contributed by atoms with Crippen molar-refractivity contribution < 1.29 is 8.78 Å². The molecule has 0 amide bonds. The maximum Gasteiger partial charge on any atom is 0.283 e. The summed E-state index contributed by atoms with van der Waals surface area (Å²) in [5.74, 6) is 0. The van der Waals surface area contributed by atoms with E-state index in [1.54, 1.807) is 0 Å². The Bertz CT molecular complexity index is 474. The lowest BCUT2D eigenvalue weighted by Crippen LogP contribution is -2.32. The molecule has 1 rings (SSSR count). The fourth-order valence-corrected chi connectivity index (χ4v) is 3.75. The standard InChI is InChI=1S/C18H31F2IN2/c1-5-7-9-10-11-13-18(4,12-8-6-2)23-14(3)15(21)16(22-23)17(19)20/h17H,5-13H2,1-4H3. The Morgan fingerprint density at radius 3 is 2.13 bits per heavy atom. The minimum absolute atomic E-state index is 0.0585. The van der Waals surface area contributed by atoms with Gasteiger partial charge in [0.25, 0.3) is 6.43 Å². The van der Waals surface area contributed by atoms with Crippen molar-refractivity contribution in [3.63, 3.8) is 0 Å². The Morgan fingerprint density at radius 1 is 1.04 bits per heavy atom. The fourth-order valence-electron chi connectivity index (χ4n) is 3.17. The smallest absolute Gasteiger partial charge is 0.262 e. The highest BCUT2D eigenvalue weighted by atomic mass is 127. The molecular weight excluding hydrogens is 409 g/mol. The summed E-state index contributed by atoms with van der Waals surface area (Å²) in [6.07, 6.45) is 7.86. The Labute approximate surface area is 153 Å². The number of aromatic nitrogens is 2. The van der Waals surface area contributed by atoms with Crippen LogP contribution >= 0.6 is 22.6 Å². The van der Waals surface area contributed by atoms with Gasteiger partial charge in [-0.3, -0.25) is 4.68 Å². The molecule has 0 aliphatic carbocycles. The lowest BCUT2D eigenvalue weighted by atomic mass is 9.88. The van der Waals surface area contributed by atoms with Crippen LogP contribution in [0.1, 0.15) is 96.4 Å². The molecule has 0 aliphatic rings. The summed E-state index contributed by atoms with van der Waals surface area (Å²) in [6.45, 7) is 8.49. The molecule has 2 nitrogen and oxygen atoms in total. The predicted molar refractivity (Wildman–Crippen MR) is 101 cm³/mol. The topological polar surface area (TPSA) is 17.8 Å². The average Bonchev–Trinajstić information content (AvgIpc) is 2.82. The molecule has 5 heteroatoms. The summed E-state index contributed by atoms with van der Waals surface area (Å²) in [5, 5.41) is 4.31. The number of hydrogen-bond acceptors (Lipinski definition) is 1. The van der Waals surface area contributed by atoms with Crippen molar-refractivity contribution in [1.29, 1.82) is 0 Å². The Morgan fingerprint density at radius 2 is 1.61 bits per heavy atom. The van der Waals surface area contributed by atoms with E-state index < -0.39 is 6.43 Å². The number of unbranched alkanes of at least 4 members (excludes halogenated alkanes) is 5. The van der Waals surface area contributed by atoms with Gasteiger partial charge in [0.2, 0.25) is 0 Å². The van der Waals surface area contributed by atoms with Crippen molar-refractivity contribution in [2.75, 3.05) is 0 Å². The van der Waals surface area contributed by atoms with E-state index >= 15 is 0 Å². The van der Waals surface area contributed by atoms with Crippen LogP contribution in [0, 0.1) is 10.5 Å². The second kappa shape index (κ2) is 9.94. The largest absolute Gasteiger partial charge is 0.283 e. The highest BCUT2D eigenvalue weighted by Crippen LogP contribution is 2.35. The van der Waals surface area contributed by atoms with Gasteiger partial charge in [0.15, 0.2) is 0 Å². The molecule has 0 aromatic carbocycles. The Hall–Kier alpha value is -0.200. The molecule has 0 aliphatic heterocycles. The molecule has 0 radical (unpaired) electrons. The highest BCUT2D eigenvalue weighted by molar-refractivity contribution is 14.1. The van der Waals surface area contributed by atoms with E-state index in [2.05, 4.69) is 25.9 Å². The van der Waals surface area contributed by atoms with E-state index in [-0.39, 0.29) is 11.2 Å². The van der Waals surface area contributed by atoms with E-state index in [1.165, 1.54) is 25.7 Å². The minimum Gasteiger partial charge on any atom is -0.262 e. The van der Waals surface area contributed by atoms with Crippen molar-refractivity contribution in [2.24, 2.45) is 0 Å². The van der Waals surface area contributed by atoms with Crippen molar-refractivity contribution in [1.82, 2.24) is 9.78 Å². The second-order valence-electron chi connectivity index (χ2n) is 6.76. The molecule has 1 aromatic heterocycles. The van der Waals surface area contributed by atoms with Crippen LogP contribution in [0.25, 0.3) is 0 Å². The van der Waals surface area contributed by atoms with Gasteiger partial charge in [0, 0.05) is 5.69 Å². The third-order valence-corrected chi connectivity index (χ3v) is 6.01. The fraction of sp³-hybridized carbons (Fsp3) is 0.833. The van der Waals surface area contributed by atoms with Crippen LogP contribution in [0.3, 0.4) is 0 Å². The van der Waals surface area contributed by atoms with Gasteiger partial charge in [-0.05, 0) is 49.3 Å². The van der Waals surface area contributed by atoms with Crippen LogP contribution in [-0.2, 0) is 5.54 Å². The van der Waals surface area contributed by atoms with Crippen LogP contribution in [0.5, 0.6) is 0 Å². The van der Waals surface area contributed by atoms with Gasteiger partial charge >= 0.3 is 0 Å². The summed E-state index contributed by atoms with van der Waals surface area (Å²) in [6, 6.07) is 0. The maximum absolute atomic E-state index is 13.2. The van der Waals surface area contributed by atoms with Crippen LogP contribution < -0.4 is 0 Å². The van der Waals surface area contributed by atoms with E-state index in [9.17, 15) is 8.78 Å². The van der Waals surface area contributed by atoms with Gasteiger partial charge in [-0.2, -0.15) is 5.10 Å². The number of nitrogens with zero attached hydrogens (tertiary/aromatic N) is 2. The van der Waals surface area contributed by atoms with Gasteiger partial charge in [0.05, 0.1) is 9.11 Å². The average molecular weight is 440 g/mol. The molecule has 1 unspecified atom stereocenters. The number of halogens is 3. The summed E-state index contributed by atoms with van der Waals surface area (Å²) in [5.41, 5.74) is 0.671. The van der Waals surface area contributed by atoms with Crippen molar-refractivity contribution >= 4 is 22.6 Å². The number of hydrogen-bond donors (Lipinski definition) is 0. The van der Waals surface area contributed by atoms with E-state index in [0.717, 1.165) is 37.8 Å². The lowest BCUT2D eigenvalue weighted by Gasteiger charge is -2.32. The van der Waals surface area contributed by atoms with Gasteiger partial charge in [0.1, 0.15) is 5.69 Å². The molecule has 0 saturated carbocycles. The Balaban J connectivity index is 2.93. The molecule has 134 valence electrons. The predicted octanol–water partition coefficient (Wildman–Crippen LogP) is 7.00. The molecule has 1 atom stereocenters. The molecule has 0 saturated heterocycles. The van der Waals surface area contributed by atoms with Gasteiger partial charge < -0.3 is 0 Å². The maximum atomic E-state index is 13.2. The summed E-state index contributed by atoms with van der Waals surface area (Å²) in [4.78, 5) is 0. The van der Waals surface area contributed by atoms with Crippen LogP contribution in [-0.4, -0.2) is 9.78 Å². The monoisotopic (exact) mass is 440 g/mol. The zero-order valence-corrected chi connectivity index (χ0v) is 17.1. The first-order chi connectivity index (χ1) is 10.9. The molecule has 0 spiro atoms. The second-order valence-corrected chi connectivity index (χ2v) is 7.84. The van der Waals surface area contributed by atoms with E-state index in [4.69, 9.17) is 0 Å². The first kappa shape index (κ1) is 20.8. The van der Waals surface area contributed by atoms with Crippen molar-refractivity contribution in [3.8, 4) is 0 Å². The molecule has 1 heterocycles. The molecule has 23 heavy (non-hydrogen) atoms. The third-order valence-electron chi connectivity index (χ3n) is 4.67. The summed E-state index contributed by atoms with van der Waals surface area (Å²) >= 11 is 2.01. The van der Waals surface area contributed by atoms with Crippen molar-refractivity contribution in [3.05, 3.63) is 15.0 Å². The zero-order chi connectivity index (χ0) is 17.5. The first-order valence-corrected chi connectivity index (χ1v) is 9.98. The molecule has 0 bridgehead atoms. The third kappa shape index (κ3) is 5.68. The number of alkyl halides is 2. The Kier molecular flexibility index (Phi) is 9.01. The zero-order valence-electron chi connectivity index (χ0n) is 15.0. The number of rotatable bonds is 11. The van der Waals surface area contributed by atoms with Gasteiger partial charge in [-0.15, -0.1) is 0 Å². The molecule has 0 N–H and O–H groups in total. The first-order valence-electron chi connectivity index (χ1n) is 8.91. The van der Waals surface area contributed by atoms with Crippen molar-refractivity contribution in [2.45, 2.75) is 97.4 Å². The molecular formula is C18H31F2IN2. The van der Waals surface area contributed by atoms with Crippen LogP contribution in [0.15, 0.2) is 0 Å². The lowest BCUT2D eigenvalue weighted by molar-refractivity contribution is 0.140. The van der Waals surface area contributed by atoms with Gasteiger partial charge in [-0.1, -0.05) is 58.8 Å². The minimum atomic E-state index is -2.50. The van der Waals surface area contributed by atoms with E-state index in [1.807, 2.05) is 34.2 Å². The molecule has 1 aromatic rings. The highest BCUT2D eigenvalue weighted by Gasteiger charge is 2.31. The molecule has 0 fully saturated rings. The summed E-state index contributed by atoms with van der Waals surface area (Å²) < 4.78 is 28.9. The summed E-state index contributed by atoms with van der Waals surface area (Å²) in [7, 11) is 0. The van der Waals surface area contributed by atoms with Crippen LogP contribution in [0.4, 0.5) is 8.78 Å². The SMILES string of the molecule is CCCCCCCC(C)(CCCC)n1nc(C(F)F)c(I)c1C. The normalized spacial score (nSPS) is 14.4. The van der Waals surface area contributed by atoms with E-state index in [0.29, 0.717) is 3.57 Å². The van der Waals surface area contributed by atoms with Crippen LogP contribution in [0.2, 0.25) is 0 Å².